The molecule has 2 aliphatic heterocycles. The first kappa shape index (κ1) is 19.4. The van der Waals surface area contributed by atoms with Crippen molar-refractivity contribution in [3.8, 4) is 5.75 Å². The van der Waals surface area contributed by atoms with Crippen LogP contribution >= 0.6 is 0 Å². The number of hydrogen-bond acceptors (Lipinski definition) is 4. The fourth-order valence-electron chi connectivity index (χ4n) is 4.61. The number of ether oxygens (including phenoxy) is 1. The molecule has 2 saturated heterocycles. The van der Waals surface area contributed by atoms with Gasteiger partial charge in [-0.25, -0.2) is 4.39 Å². The van der Waals surface area contributed by atoms with E-state index < -0.39 is 0 Å². The van der Waals surface area contributed by atoms with E-state index in [4.69, 9.17) is 4.74 Å². The van der Waals surface area contributed by atoms with E-state index in [9.17, 15) is 19.1 Å². The Hall–Kier alpha value is -2.93. The molecule has 2 aliphatic rings. The largest absolute Gasteiger partial charge is 0.508 e. The molecule has 6 nitrogen and oxygen atoms in total. The molecule has 1 N–H and O–H groups in total. The third-order valence-corrected chi connectivity index (χ3v) is 5.82. The second-order valence-corrected chi connectivity index (χ2v) is 7.66. The van der Waals surface area contributed by atoms with E-state index in [1.54, 1.807) is 28.0 Å². The van der Waals surface area contributed by atoms with Crippen molar-refractivity contribution in [1.82, 2.24) is 9.80 Å². The molecule has 2 heterocycles. The highest BCUT2D eigenvalue weighted by atomic mass is 19.1. The van der Waals surface area contributed by atoms with Crippen LogP contribution in [0.15, 0.2) is 48.5 Å². The molecule has 0 aromatic heterocycles. The minimum Gasteiger partial charge on any atom is -0.508 e. The number of benzene rings is 2. The summed E-state index contributed by atoms with van der Waals surface area (Å²) in [6.45, 7) is 1.45. The Morgan fingerprint density at radius 1 is 1.14 bits per heavy atom. The Labute approximate surface area is 168 Å². The van der Waals surface area contributed by atoms with Crippen molar-refractivity contribution >= 4 is 11.8 Å². The number of phenolic OH excluding ortho intramolecular Hbond substituents is 1. The number of nitrogens with zero attached hydrogens (tertiary/aromatic N) is 2. The smallest absolute Gasteiger partial charge is 0.254 e. The second kappa shape index (κ2) is 7.83. The molecule has 7 heteroatoms. The number of carbonyl (C=O) groups is 2. The van der Waals surface area contributed by atoms with Crippen LogP contribution in [0.1, 0.15) is 22.0 Å². The summed E-state index contributed by atoms with van der Waals surface area (Å²) in [4.78, 5) is 29.0. The summed E-state index contributed by atoms with van der Waals surface area (Å²) in [5.41, 5.74) is 1.16. The van der Waals surface area contributed by atoms with Crippen molar-refractivity contribution in [2.75, 3.05) is 33.4 Å². The molecule has 2 aromatic carbocycles. The zero-order chi connectivity index (χ0) is 20.5. The van der Waals surface area contributed by atoms with Crippen molar-refractivity contribution < 1.29 is 23.8 Å². The van der Waals surface area contributed by atoms with Gasteiger partial charge in [0.05, 0.1) is 6.04 Å². The fraction of sp³-hybridized carbons (Fsp3) is 0.364. The molecular formula is C22H23FN2O4. The average molecular weight is 398 g/mol. The summed E-state index contributed by atoms with van der Waals surface area (Å²) in [5, 5.41) is 9.67. The van der Waals surface area contributed by atoms with Gasteiger partial charge in [0, 0.05) is 44.1 Å². The summed E-state index contributed by atoms with van der Waals surface area (Å²) in [6.07, 6.45) is 0. The fourth-order valence-corrected chi connectivity index (χ4v) is 4.61. The lowest BCUT2D eigenvalue weighted by Gasteiger charge is -2.30. The van der Waals surface area contributed by atoms with Gasteiger partial charge in [-0.05, 0) is 35.9 Å². The maximum Gasteiger partial charge on any atom is 0.254 e. The molecule has 2 amide bonds. The van der Waals surface area contributed by atoms with Gasteiger partial charge < -0.3 is 19.6 Å². The quantitative estimate of drug-likeness (QED) is 0.859. The monoisotopic (exact) mass is 398 g/mol. The third-order valence-electron chi connectivity index (χ3n) is 5.82. The van der Waals surface area contributed by atoms with Crippen molar-refractivity contribution in [3.63, 3.8) is 0 Å². The topological polar surface area (TPSA) is 70.1 Å². The van der Waals surface area contributed by atoms with Crippen molar-refractivity contribution in [3.05, 3.63) is 65.5 Å². The molecular weight excluding hydrogens is 375 g/mol. The standard InChI is InChI=1S/C22H23FN2O4/c1-29-13-20(27)25-11-16-10-24(22(28)15-5-3-7-18(26)9-15)12-19(16)21(25)14-4-2-6-17(23)8-14/h2-9,16,19,21,26H,10-13H2,1H3/t16-,19-,21+/m1/s1. The van der Waals surface area contributed by atoms with Crippen LogP contribution < -0.4 is 0 Å². The molecule has 0 saturated carbocycles. The Balaban J connectivity index is 1.60. The molecule has 29 heavy (non-hydrogen) atoms. The van der Waals surface area contributed by atoms with Crippen LogP contribution in [0, 0.1) is 17.7 Å². The van der Waals surface area contributed by atoms with Crippen molar-refractivity contribution in [1.29, 1.82) is 0 Å². The average Bonchev–Trinajstić information content (AvgIpc) is 3.25. The van der Waals surface area contributed by atoms with Crippen LogP contribution in [0.5, 0.6) is 5.75 Å². The van der Waals surface area contributed by atoms with Gasteiger partial charge in [0.2, 0.25) is 5.91 Å². The van der Waals surface area contributed by atoms with Crippen LogP contribution in [0.4, 0.5) is 4.39 Å². The number of likely N-dealkylation sites (tertiary alicyclic amines) is 2. The highest BCUT2D eigenvalue weighted by Crippen LogP contribution is 2.45. The van der Waals surface area contributed by atoms with Crippen LogP contribution in [-0.2, 0) is 9.53 Å². The van der Waals surface area contributed by atoms with Gasteiger partial charge in [0.25, 0.3) is 5.91 Å². The second-order valence-electron chi connectivity index (χ2n) is 7.66. The summed E-state index contributed by atoms with van der Waals surface area (Å²) < 4.78 is 18.9. The van der Waals surface area contributed by atoms with Gasteiger partial charge in [-0.2, -0.15) is 0 Å². The number of phenols is 1. The van der Waals surface area contributed by atoms with Crippen LogP contribution in [-0.4, -0.2) is 60.1 Å². The highest BCUT2D eigenvalue weighted by molar-refractivity contribution is 5.94. The first-order valence-corrected chi connectivity index (χ1v) is 9.60. The number of amides is 2. The lowest BCUT2D eigenvalue weighted by molar-refractivity contribution is -0.136. The molecule has 152 valence electrons. The van der Waals surface area contributed by atoms with E-state index in [0.29, 0.717) is 25.2 Å². The molecule has 0 spiro atoms. The van der Waals surface area contributed by atoms with Gasteiger partial charge in [0.15, 0.2) is 0 Å². The number of hydrogen-bond donors (Lipinski definition) is 1. The molecule has 2 aromatic rings. The predicted octanol–water partition coefficient (Wildman–Crippen LogP) is 2.45. The van der Waals surface area contributed by atoms with Crippen molar-refractivity contribution in [2.24, 2.45) is 11.8 Å². The summed E-state index contributed by atoms with van der Waals surface area (Å²) in [6, 6.07) is 12.3. The van der Waals surface area contributed by atoms with Gasteiger partial charge in [-0.3, -0.25) is 9.59 Å². The maximum absolute atomic E-state index is 13.9. The zero-order valence-corrected chi connectivity index (χ0v) is 16.1. The number of aromatic hydroxyl groups is 1. The Bertz CT molecular complexity index is 935. The van der Waals surface area contributed by atoms with Crippen molar-refractivity contribution in [2.45, 2.75) is 6.04 Å². The van der Waals surface area contributed by atoms with E-state index >= 15 is 0 Å². The van der Waals surface area contributed by atoms with Gasteiger partial charge in [-0.1, -0.05) is 18.2 Å². The van der Waals surface area contributed by atoms with E-state index in [2.05, 4.69) is 0 Å². The number of methoxy groups -OCH3 is 1. The number of carbonyl (C=O) groups excluding carboxylic acids is 2. The molecule has 0 bridgehead atoms. The predicted molar refractivity (Wildman–Crippen MR) is 104 cm³/mol. The molecule has 0 radical (unpaired) electrons. The Morgan fingerprint density at radius 2 is 1.93 bits per heavy atom. The number of fused-ring (bicyclic) bond motifs is 1. The van der Waals surface area contributed by atoms with Crippen LogP contribution in [0.2, 0.25) is 0 Å². The minimum absolute atomic E-state index is 0.0128. The minimum atomic E-state index is -0.351. The molecule has 0 aliphatic carbocycles. The van der Waals surface area contributed by atoms with Gasteiger partial charge in [0.1, 0.15) is 18.2 Å². The van der Waals surface area contributed by atoms with E-state index in [-0.39, 0.29) is 47.9 Å². The van der Waals surface area contributed by atoms with Gasteiger partial charge >= 0.3 is 0 Å². The lowest BCUT2D eigenvalue weighted by Crippen LogP contribution is -2.38. The van der Waals surface area contributed by atoms with Gasteiger partial charge in [-0.15, -0.1) is 0 Å². The first-order valence-electron chi connectivity index (χ1n) is 9.60. The number of halogens is 1. The SMILES string of the molecule is COCC(=O)N1C[C@H]2CN(C(=O)c3cccc(O)c3)C[C@H]2[C@@H]1c1cccc(F)c1. The first-order chi connectivity index (χ1) is 14.0. The molecule has 3 atom stereocenters. The lowest BCUT2D eigenvalue weighted by atomic mass is 9.89. The zero-order valence-electron chi connectivity index (χ0n) is 16.1. The highest BCUT2D eigenvalue weighted by Gasteiger charge is 2.50. The van der Waals surface area contributed by atoms with Crippen LogP contribution in [0.3, 0.4) is 0 Å². The van der Waals surface area contributed by atoms with E-state index in [1.807, 2.05) is 6.07 Å². The summed E-state index contributed by atoms with van der Waals surface area (Å²) in [7, 11) is 1.47. The maximum atomic E-state index is 13.9. The van der Waals surface area contributed by atoms with E-state index in [0.717, 1.165) is 5.56 Å². The Kier molecular flexibility index (Phi) is 5.24. The summed E-state index contributed by atoms with van der Waals surface area (Å²) >= 11 is 0. The van der Waals surface area contributed by atoms with E-state index in [1.165, 1.54) is 31.4 Å². The normalized spacial score (nSPS) is 23.3. The third kappa shape index (κ3) is 3.70. The molecule has 0 unspecified atom stereocenters. The molecule has 2 fully saturated rings. The summed E-state index contributed by atoms with van der Waals surface area (Å²) in [5.74, 6) is -0.478. The number of rotatable bonds is 4. The Morgan fingerprint density at radius 3 is 2.66 bits per heavy atom. The van der Waals surface area contributed by atoms with Crippen LogP contribution in [0.25, 0.3) is 0 Å². The molecule has 4 rings (SSSR count).